The van der Waals surface area contributed by atoms with Crippen molar-refractivity contribution in [1.29, 1.82) is 5.26 Å². The van der Waals surface area contributed by atoms with Gasteiger partial charge in [0.1, 0.15) is 23.7 Å². The minimum absolute atomic E-state index is 0.0374. The molecule has 0 atom stereocenters. The van der Waals surface area contributed by atoms with E-state index in [1.807, 2.05) is 6.07 Å². The third-order valence-electron chi connectivity index (χ3n) is 4.14. The van der Waals surface area contributed by atoms with Crippen molar-refractivity contribution in [3.8, 4) is 11.8 Å². The van der Waals surface area contributed by atoms with Crippen molar-refractivity contribution in [3.63, 3.8) is 0 Å². The second kappa shape index (κ2) is 7.21. The fourth-order valence-electron chi connectivity index (χ4n) is 2.82. The first-order valence-corrected chi connectivity index (χ1v) is 9.36. The van der Waals surface area contributed by atoms with E-state index in [2.05, 4.69) is 0 Å². The molecule has 0 amide bonds. The van der Waals surface area contributed by atoms with Crippen molar-refractivity contribution in [2.24, 2.45) is 0 Å². The Morgan fingerprint density at radius 3 is 2.36 bits per heavy atom. The van der Waals surface area contributed by atoms with Crippen LogP contribution in [0.1, 0.15) is 18.4 Å². The number of halogens is 1. The molecule has 2 aromatic carbocycles. The number of ether oxygens (including phenoxy) is 1. The number of piperidine rings is 1. The van der Waals surface area contributed by atoms with Crippen molar-refractivity contribution >= 4 is 10.0 Å². The van der Waals surface area contributed by atoms with Gasteiger partial charge in [0.05, 0.1) is 10.5 Å². The maximum atomic E-state index is 12.9. The Balaban J connectivity index is 1.67. The second-order valence-corrected chi connectivity index (χ2v) is 7.69. The van der Waals surface area contributed by atoms with Crippen LogP contribution in [-0.4, -0.2) is 31.9 Å². The number of nitrogens with zero attached hydrogens (tertiary/aromatic N) is 2. The highest BCUT2D eigenvalue weighted by Crippen LogP contribution is 2.25. The Bertz CT molecular complexity index is 883. The highest BCUT2D eigenvalue weighted by atomic mass is 32.2. The zero-order valence-corrected chi connectivity index (χ0v) is 14.2. The lowest BCUT2D eigenvalue weighted by Gasteiger charge is -2.31. The minimum atomic E-state index is -3.70. The number of nitriles is 1. The summed E-state index contributed by atoms with van der Waals surface area (Å²) in [4.78, 5) is 0.0374. The van der Waals surface area contributed by atoms with Gasteiger partial charge in [0.25, 0.3) is 0 Å². The molecule has 0 radical (unpaired) electrons. The Morgan fingerprint density at radius 1 is 1.08 bits per heavy atom. The normalized spacial score (nSPS) is 16.3. The van der Waals surface area contributed by atoms with E-state index in [-0.39, 0.29) is 22.4 Å². The first-order valence-electron chi connectivity index (χ1n) is 7.92. The van der Waals surface area contributed by atoms with E-state index in [1.165, 1.54) is 28.6 Å². The van der Waals surface area contributed by atoms with Crippen LogP contribution in [0, 0.1) is 17.1 Å². The van der Waals surface area contributed by atoms with E-state index in [0.717, 1.165) is 0 Å². The van der Waals surface area contributed by atoms with Gasteiger partial charge >= 0.3 is 0 Å². The first-order chi connectivity index (χ1) is 12.0. The van der Waals surface area contributed by atoms with Crippen LogP contribution in [0.15, 0.2) is 53.4 Å². The van der Waals surface area contributed by atoms with Crippen LogP contribution < -0.4 is 4.74 Å². The van der Waals surface area contributed by atoms with E-state index in [1.54, 1.807) is 24.3 Å². The molecule has 0 aromatic heterocycles. The molecule has 7 heteroatoms. The number of benzene rings is 2. The first kappa shape index (κ1) is 17.4. The summed E-state index contributed by atoms with van der Waals surface area (Å²) in [7, 11) is -3.70. The summed E-state index contributed by atoms with van der Waals surface area (Å²) in [5.41, 5.74) is 0.146. The Hall–Kier alpha value is -2.43. The van der Waals surface area contributed by atoms with Crippen molar-refractivity contribution in [2.75, 3.05) is 13.1 Å². The molecule has 0 unspecified atom stereocenters. The quantitative estimate of drug-likeness (QED) is 0.841. The fraction of sp³-hybridized carbons (Fsp3) is 0.278. The molecule has 3 rings (SSSR count). The zero-order valence-electron chi connectivity index (χ0n) is 13.4. The predicted octanol–water partition coefficient (Wildman–Crippen LogP) is 2.93. The van der Waals surface area contributed by atoms with Gasteiger partial charge in [-0.3, -0.25) is 0 Å². The van der Waals surface area contributed by atoms with E-state index in [0.29, 0.717) is 31.7 Å². The largest absolute Gasteiger partial charge is 0.490 e. The van der Waals surface area contributed by atoms with E-state index in [4.69, 9.17) is 10.00 Å². The van der Waals surface area contributed by atoms with E-state index >= 15 is 0 Å². The Kier molecular flexibility index (Phi) is 5.02. The van der Waals surface area contributed by atoms with Crippen LogP contribution in [0.25, 0.3) is 0 Å². The molecule has 0 aliphatic carbocycles. The lowest BCUT2D eigenvalue weighted by molar-refractivity contribution is 0.135. The van der Waals surface area contributed by atoms with Crippen molar-refractivity contribution in [2.45, 2.75) is 23.8 Å². The van der Waals surface area contributed by atoms with Crippen LogP contribution >= 0.6 is 0 Å². The van der Waals surface area contributed by atoms with Crippen LogP contribution in [0.5, 0.6) is 5.75 Å². The molecule has 1 aliphatic rings. The third kappa shape index (κ3) is 3.81. The Labute approximate surface area is 146 Å². The summed E-state index contributed by atoms with van der Waals surface area (Å²) in [6.45, 7) is 0.627. The fourth-order valence-corrected chi connectivity index (χ4v) is 4.43. The van der Waals surface area contributed by atoms with Crippen LogP contribution in [0.3, 0.4) is 0 Å². The Morgan fingerprint density at radius 2 is 1.72 bits per heavy atom. The van der Waals surface area contributed by atoms with Crippen LogP contribution in [0.2, 0.25) is 0 Å². The van der Waals surface area contributed by atoms with Gasteiger partial charge < -0.3 is 4.74 Å². The second-order valence-electron chi connectivity index (χ2n) is 5.78. The topological polar surface area (TPSA) is 70.4 Å². The molecule has 5 nitrogen and oxygen atoms in total. The van der Waals surface area contributed by atoms with Gasteiger partial charge in [0, 0.05) is 13.1 Å². The predicted molar refractivity (Wildman–Crippen MR) is 90.0 cm³/mol. The van der Waals surface area contributed by atoms with Crippen LogP contribution in [0.4, 0.5) is 4.39 Å². The maximum Gasteiger partial charge on any atom is 0.244 e. The summed E-state index contributed by atoms with van der Waals surface area (Å²) >= 11 is 0. The molecular weight excluding hydrogens is 343 g/mol. The average molecular weight is 360 g/mol. The number of sulfonamides is 1. The zero-order chi connectivity index (χ0) is 17.9. The minimum Gasteiger partial charge on any atom is -0.490 e. The molecular formula is C18H17FN2O3S. The van der Waals surface area contributed by atoms with E-state index in [9.17, 15) is 12.8 Å². The van der Waals surface area contributed by atoms with Gasteiger partial charge in [-0.1, -0.05) is 12.1 Å². The third-order valence-corrected chi connectivity index (χ3v) is 6.10. The molecule has 1 saturated heterocycles. The number of hydrogen-bond acceptors (Lipinski definition) is 4. The van der Waals surface area contributed by atoms with Gasteiger partial charge in [0.2, 0.25) is 10.0 Å². The molecule has 0 bridgehead atoms. The summed E-state index contributed by atoms with van der Waals surface area (Å²) in [6.07, 6.45) is 0.944. The van der Waals surface area contributed by atoms with E-state index < -0.39 is 10.0 Å². The monoisotopic (exact) mass is 360 g/mol. The van der Waals surface area contributed by atoms with Crippen molar-refractivity contribution in [1.82, 2.24) is 4.31 Å². The maximum absolute atomic E-state index is 12.9. The smallest absolute Gasteiger partial charge is 0.244 e. The van der Waals surface area contributed by atoms with Gasteiger partial charge in [0.15, 0.2) is 0 Å². The standard InChI is InChI=1S/C18H17FN2O3S/c19-15-5-7-16(8-6-15)24-17-9-11-21(12-10-17)25(22,23)18-4-2-1-3-14(18)13-20/h1-8,17H,9-12H2. The van der Waals surface area contributed by atoms with Crippen molar-refractivity contribution in [3.05, 3.63) is 59.9 Å². The molecule has 2 aromatic rings. The van der Waals surface area contributed by atoms with Gasteiger partial charge in [-0.05, 0) is 49.2 Å². The highest BCUT2D eigenvalue weighted by molar-refractivity contribution is 7.89. The lowest BCUT2D eigenvalue weighted by Crippen LogP contribution is -2.41. The molecule has 1 aliphatic heterocycles. The van der Waals surface area contributed by atoms with Crippen molar-refractivity contribution < 1.29 is 17.5 Å². The van der Waals surface area contributed by atoms with Crippen LogP contribution in [-0.2, 0) is 10.0 Å². The van der Waals surface area contributed by atoms with Gasteiger partial charge in [-0.2, -0.15) is 9.57 Å². The summed E-state index contributed by atoms with van der Waals surface area (Å²) < 4.78 is 45.6. The van der Waals surface area contributed by atoms with Gasteiger partial charge in [-0.15, -0.1) is 0 Å². The number of hydrogen-bond donors (Lipinski definition) is 0. The lowest BCUT2D eigenvalue weighted by atomic mass is 10.1. The van der Waals surface area contributed by atoms with Gasteiger partial charge in [-0.25, -0.2) is 12.8 Å². The molecule has 25 heavy (non-hydrogen) atoms. The molecule has 1 heterocycles. The number of rotatable bonds is 4. The molecule has 0 spiro atoms. The average Bonchev–Trinajstić information content (AvgIpc) is 2.64. The summed E-state index contributed by atoms with van der Waals surface area (Å²) in [5, 5.41) is 9.13. The highest BCUT2D eigenvalue weighted by Gasteiger charge is 2.31. The molecule has 0 N–H and O–H groups in total. The SMILES string of the molecule is N#Cc1ccccc1S(=O)(=O)N1CCC(Oc2ccc(F)cc2)CC1. The molecule has 0 saturated carbocycles. The summed E-state index contributed by atoms with van der Waals surface area (Å²) in [5.74, 6) is 0.238. The molecule has 1 fully saturated rings. The molecule has 130 valence electrons. The summed E-state index contributed by atoms with van der Waals surface area (Å²) in [6, 6.07) is 13.9.